The van der Waals surface area contributed by atoms with Crippen LogP contribution in [-0.2, 0) is 28.9 Å². The first kappa shape index (κ1) is 23.2. The van der Waals surface area contributed by atoms with Crippen LogP contribution < -0.4 is 14.8 Å². The molecule has 1 unspecified atom stereocenters. The van der Waals surface area contributed by atoms with Gasteiger partial charge in [0.15, 0.2) is 5.69 Å². The number of hydrogen-bond acceptors (Lipinski definition) is 6. The molecule has 1 aromatic heterocycles. The van der Waals surface area contributed by atoms with Crippen LogP contribution in [0, 0.1) is 0 Å². The number of amides is 1. The Hall–Kier alpha value is -2.93. The first-order valence-corrected chi connectivity index (χ1v) is 10.1. The van der Waals surface area contributed by atoms with Crippen LogP contribution in [-0.4, -0.2) is 60.6 Å². The van der Waals surface area contributed by atoms with Crippen molar-refractivity contribution in [1.82, 2.24) is 15.1 Å². The summed E-state index contributed by atoms with van der Waals surface area (Å²) in [4.78, 5) is 12.6. The minimum absolute atomic E-state index is 0.0768. The lowest BCUT2D eigenvalue weighted by molar-refractivity contribution is -0.324. The van der Waals surface area contributed by atoms with Crippen molar-refractivity contribution >= 4 is 5.91 Å². The Morgan fingerprint density at radius 3 is 2.85 bits per heavy atom. The second kappa shape index (κ2) is 9.51. The molecule has 33 heavy (non-hydrogen) atoms. The predicted octanol–water partition coefficient (Wildman–Crippen LogP) is 2.70. The number of nitrogens with zero attached hydrogens (tertiary/aromatic N) is 2. The van der Waals surface area contributed by atoms with Crippen molar-refractivity contribution in [3.63, 3.8) is 0 Å². The molecule has 1 N–H and O–H groups in total. The Kier molecular flexibility index (Phi) is 6.70. The molecule has 180 valence electrons. The molecule has 2 atom stereocenters. The maximum Gasteiger partial charge on any atom is 0.522 e. The minimum atomic E-state index is -4.68. The molecule has 1 aromatic carbocycles. The fourth-order valence-corrected chi connectivity index (χ4v) is 3.64. The van der Waals surface area contributed by atoms with Gasteiger partial charge in [0.05, 0.1) is 25.8 Å². The summed E-state index contributed by atoms with van der Waals surface area (Å²) in [5.41, 5.74) is 1.51. The maximum atomic E-state index is 12.6. The molecule has 2 aromatic rings. The molecular weight excluding hydrogens is 457 g/mol. The Bertz CT molecular complexity index is 973. The van der Waals surface area contributed by atoms with Gasteiger partial charge >= 0.3 is 13.0 Å². The Balaban J connectivity index is 1.30. The third-order valence-electron chi connectivity index (χ3n) is 5.07. The molecule has 3 heterocycles. The number of ether oxygens (including phenoxy) is 4. The average Bonchev–Trinajstić information content (AvgIpc) is 3.30. The van der Waals surface area contributed by atoms with Gasteiger partial charge in [0.2, 0.25) is 5.88 Å². The lowest BCUT2D eigenvalue weighted by Gasteiger charge is -2.26. The molecule has 0 saturated heterocycles. The number of rotatable bonds is 8. The van der Waals surface area contributed by atoms with Crippen molar-refractivity contribution in [2.75, 3.05) is 19.8 Å². The molecule has 0 aliphatic carbocycles. The van der Waals surface area contributed by atoms with Gasteiger partial charge in [-0.3, -0.25) is 9.53 Å². The zero-order valence-electron chi connectivity index (χ0n) is 17.1. The van der Waals surface area contributed by atoms with E-state index in [2.05, 4.69) is 19.9 Å². The fraction of sp³-hybridized carbons (Fsp3) is 0.500. The topological polar surface area (TPSA) is 83.8 Å². The smallest absolute Gasteiger partial charge is 0.491 e. The van der Waals surface area contributed by atoms with Crippen molar-refractivity contribution in [2.24, 2.45) is 0 Å². The normalized spacial score (nSPS) is 19.6. The molecular formula is C20H20F5N3O5. The average molecular weight is 477 g/mol. The monoisotopic (exact) mass is 477 g/mol. The third kappa shape index (κ3) is 6.11. The van der Waals surface area contributed by atoms with E-state index in [4.69, 9.17) is 9.47 Å². The molecule has 2 aliphatic heterocycles. The zero-order chi connectivity index (χ0) is 23.6. The Labute approximate surface area is 184 Å². The van der Waals surface area contributed by atoms with E-state index in [0.29, 0.717) is 17.7 Å². The molecule has 8 nitrogen and oxygen atoms in total. The largest absolute Gasteiger partial charge is 0.522 e. The predicted molar refractivity (Wildman–Crippen MR) is 101 cm³/mol. The summed E-state index contributed by atoms with van der Waals surface area (Å²) in [7, 11) is 0. The van der Waals surface area contributed by atoms with Crippen LogP contribution >= 0.6 is 0 Å². The van der Waals surface area contributed by atoms with E-state index >= 15 is 0 Å². The molecule has 0 saturated carbocycles. The molecule has 13 heteroatoms. The van der Waals surface area contributed by atoms with E-state index in [9.17, 15) is 26.7 Å². The summed E-state index contributed by atoms with van der Waals surface area (Å²) in [5.74, 6) is 0.416. The highest BCUT2D eigenvalue weighted by atomic mass is 19.4. The van der Waals surface area contributed by atoms with Crippen LogP contribution in [0.5, 0.6) is 11.6 Å². The molecule has 0 spiro atoms. The number of carbonyl (C=O) groups is 1. The third-order valence-corrected chi connectivity index (χ3v) is 5.07. The number of aromatic nitrogens is 2. The summed E-state index contributed by atoms with van der Waals surface area (Å²) in [5, 5.41) is 6.94. The molecule has 0 fully saturated rings. The summed E-state index contributed by atoms with van der Waals surface area (Å²) >= 11 is 0. The summed E-state index contributed by atoms with van der Waals surface area (Å²) < 4.78 is 81.3. The van der Waals surface area contributed by atoms with Crippen LogP contribution in [0.3, 0.4) is 0 Å². The Morgan fingerprint density at radius 2 is 2.12 bits per heavy atom. The van der Waals surface area contributed by atoms with Crippen LogP contribution in [0.1, 0.15) is 21.6 Å². The van der Waals surface area contributed by atoms with Gasteiger partial charge in [-0.25, -0.2) is 4.68 Å². The van der Waals surface area contributed by atoms with Gasteiger partial charge in [0.25, 0.3) is 5.91 Å². The highest BCUT2D eigenvalue weighted by Gasteiger charge is 2.30. The van der Waals surface area contributed by atoms with Gasteiger partial charge in [-0.1, -0.05) is 12.1 Å². The maximum absolute atomic E-state index is 12.6. The second-order valence-corrected chi connectivity index (χ2v) is 7.56. The number of carbonyl (C=O) groups excluding carboxylic acids is 1. The summed E-state index contributed by atoms with van der Waals surface area (Å²) in [6.45, 7) is -3.30. The highest BCUT2D eigenvalue weighted by Crippen LogP contribution is 2.27. The number of hydrogen-bond donors (Lipinski definition) is 1. The van der Waals surface area contributed by atoms with Crippen molar-refractivity contribution in [3.8, 4) is 11.6 Å². The van der Waals surface area contributed by atoms with Crippen molar-refractivity contribution in [3.05, 3.63) is 41.1 Å². The summed E-state index contributed by atoms with van der Waals surface area (Å²) in [6, 6.07) is 6.12. The number of benzene rings is 1. The zero-order valence-corrected chi connectivity index (χ0v) is 17.1. The molecule has 0 radical (unpaired) electrons. The second-order valence-electron chi connectivity index (χ2n) is 7.56. The van der Waals surface area contributed by atoms with Gasteiger partial charge in [0, 0.05) is 6.07 Å². The first-order valence-electron chi connectivity index (χ1n) is 10.1. The fourth-order valence-electron chi connectivity index (χ4n) is 3.64. The number of halogens is 5. The van der Waals surface area contributed by atoms with Crippen LogP contribution in [0.25, 0.3) is 0 Å². The van der Waals surface area contributed by atoms with E-state index < -0.39 is 31.6 Å². The quantitative estimate of drug-likeness (QED) is 0.589. The minimum Gasteiger partial charge on any atom is -0.491 e. The molecule has 0 bridgehead atoms. The van der Waals surface area contributed by atoms with Crippen molar-refractivity contribution in [1.29, 1.82) is 0 Å². The summed E-state index contributed by atoms with van der Waals surface area (Å²) in [6.07, 6.45) is -4.79. The Morgan fingerprint density at radius 1 is 1.30 bits per heavy atom. The van der Waals surface area contributed by atoms with E-state index in [1.807, 2.05) is 0 Å². The van der Waals surface area contributed by atoms with Crippen LogP contribution in [0.15, 0.2) is 24.3 Å². The van der Waals surface area contributed by atoms with E-state index in [1.165, 1.54) is 10.7 Å². The van der Waals surface area contributed by atoms with Gasteiger partial charge in [-0.05, 0) is 30.0 Å². The number of alkyl halides is 5. The molecule has 2 aliphatic rings. The number of fused-ring (bicyclic) bond motifs is 2. The SMILES string of the molecule is O=C(N[C@H]1COc2ccc(CCOC(F)(F)F)cc2C1)c1cc2n(n1)CC(COC(F)F)O2. The van der Waals surface area contributed by atoms with Gasteiger partial charge in [-0.15, -0.1) is 13.2 Å². The van der Waals surface area contributed by atoms with E-state index in [0.717, 1.165) is 5.56 Å². The van der Waals surface area contributed by atoms with Crippen molar-refractivity contribution < 1.29 is 45.7 Å². The van der Waals surface area contributed by atoms with Crippen LogP contribution in [0.4, 0.5) is 22.0 Å². The van der Waals surface area contributed by atoms with Gasteiger partial charge in [0.1, 0.15) is 18.5 Å². The van der Waals surface area contributed by atoms with Gasteiger partial charge in [-0.2, -0.15) is 13.9 Å². The molecule has 1 amide bonds. The highest BCUT2D eigenvalue weighted by molar-refractivity contribution is 5.92. The van der Waals surface area contributed by atoms with E-state index in [-0.39, 0.29) is 43.8 Å². The standard InChI is InChI=1S/C20H20F5N3O5/c21-19(22)31-10-14-8-28-17(33-14)7-15(27-28)18(29)26-13-6-12-5-11(1-2-16(12)30-9-13)3-4-32-20(23,24)25/h1-2,5,7,13-14,19H,3-4,6,8-10H2,(H,26,29)/t13-,14?/m1/s1. The first-order chi connectivity index (χ1) is 15.7. The van der Waals surface area contributed by atoms with Crippen LogP contribution in [0.2, 0.25) is 0 Å². The van der Waals surface area contributed by atoms with Gasteiger partial charge < -0.3 is 19.5 Å². The lowest BCUT2D eigenvalue weighted by atomic mass is 9.99. The van der Waals surface area contributed by atoms with Crippen molar-refractivity contribution in [2.45, 2.75) is 44.5 Å². The van der Waals surface area contributed by atoms with E-state index in [1.54, 1.807) is 18.2 Å². The lowest BCUT2D eigenvalue weighted by Crippen LogP contribution is -2.43. The molecule has 4 rings (SSSR count). The number of nitrogens with one attached hydrogen (secondary N) is 1.